The number of hydrogen-bond donors (Lipinski definition) is 2. The maximum absolute atomic E-state index is 12.7. The van der Waals surface area contributed by atoms with E-state index >= 15 is 0 Å². The van der Waals surface area contributed by atoms with E-state index in [1.165, 1.54) is 6.07 Å². The van der Waals surface area contributed by atoms with E-state index in [4.69, 9.17) is 4.74 Å². The number of carboxylic acid groups (broad SMARTS) is 1. The Morgan fingerprint density at radius 1 is 1.00 bits per heavy atom. The molecule has 0 saturated carbocycles. The number of carbonyl (C=O) groups excluding carboxylic acids is 1. The predicted octanol–water partition coefficient (Wildman–Crippen LogP) is 2.40. The van der Waals surface area contributed by atoms with Gasteiger partial charge in [-0.1, -0.05) is 0 Å². The lowest BCUT2D eigenvalue weighted by molar-refractivity contribution is 0.0696. The Labute approximate surface area is 158 Å². The first-order chi connectivity index (χ1) is 13.0. The van der Waals surface area contributed by atoms with Gasteiger partial charge in [-0.3, -0.25) is 4.79 Å². The van der Waals surface area contributed by atoms with Gasteiger partial charge in [-0.2, -0.15) is 0 Å². The highest BCUT2D eigenvalue weighted by Gasteiger charge is 2.20. The summed E-state index contributed by atoms with van der Waals surface area (Å²) in [5, 5.41) is 12.2. The molecule has 2 N–H and O–H groups in total. The summed E-state index contributed by atoms with van der Waals surface area (Å²) in [5.74, 6) is -0.659. The van der Waals surface area contributed by atoms with Gasteiger partial charge < -0.3 is 25.0 Å². The molecule has 142 valence electrons. The summed E-state index contributed by atoms with van der Waals surface area (Å²) in [5.41, 5.74) is 1.94. The van der Waals surface area contributed by atoms with Gasteiger partial charge in [-0.25, -0.2) is 4.79 Å². The fourth-order valence-corrected chi connectivity index (χ4v) is 3.03. The molecule has 0 unspecified atom stereocenters. The maximum atomic E-state index is 12.7. The molecule has 0 aromatic heterocycles. The van der Waals surface area contributed by atoms with Crippen molar-refractivity contribution in [3.05, 3.63) is 53.6 Å². The first kappa shape index (κ1) is 18.7. The van der Waals surface area contributed by atoms with E-state index in [0.29, 0.717) is 17.0 Å². The minimum atomic E-state index is -1.03. The molecule has 0 atom stereocenters. The lowest BCUT2D eigenvalue weighted by Gasteiger charge is -2.35. The van der Waals surface area contributed by atoms with Crippen molar-refractivity contribution in [1.29, 1.82) is 0 Å². The number of hydrogen-bond acceptors (Lipinski definition) is 5. The van der Waals surface area contributed by atoms with Crippen LogP contribution in [0.15, 0.2) is 42.5 Å². The summed E-state index contributed by atoms with van der Waals surface area (Å²) in [7, 11) is 3.63. The Hall–Kier alpha value is -3.06. The van der Waals surface area contributed by atoms with Crippen LogP contribution in [0, 0.1) is 0 Å². The van der Waals surface area contributed by atoms with Crippen molar-refractivity contribution in [3.8, 4) is 5.75 Å². The summed E-state index contributed by atoms with van der Waals surface area (Å²) in [6, 6.07) is 11.6. The number of anilines is 2. The average molecular weight is 369 g/mol. The van der Waals surface area contributed by atoms with E-state index in [0.717, 1.165) is 31.9 Å². The van der Waals surface area contributed by atoms with Crippen molar-refractivity contribution in [2.45, 2.75) is 0 Å². The number of piperazine rings is 1. The third-order valence-electron chi connectivity index (χ3n) is 4.69. The van der Waals surface area contributed by atoms with Gasteiger partial charge in [0.1, 0.15) is 5.75 Å². The van der Waals surface area contributed by atoms with Gasteiger partial charge in [-0.05, 0) is 49.5 Å². The Bertz CT molecular complexity index is 828. The van der Waals surface area contributed by atoms with Crippen LogP contribution in [0.4, 0.5) is 11.4 Å². The Kier molecular flexibility index (Phi) is 5.61. The molecule has 2 aromatic rings. The zero-order chi connectivity index (χ0) is 19.4. The lowest BCUT2D eigenvalue weighted by atomic mass is 10.1. The molecule has 0 aliphatic carbocycles. The second-order valence-corrected chi connectivity index (χ2v) is 6.51. The Balaban J connectivity index is 1.87. The van der Waals surface area contributed by atoms with E-state index in [1.807, 2.05) is 0 Å². The molecule has 1 saturated heterocycles. The van der Waals surface area contributed by atoms with Crippen LogP contribution in [0.5, 0.6) is 5.75 Å². The fourth-order valence-electron chi connectivity index (χ4n) is 3.03. The van der Waals surface area contributed by atoms with Crippen molar-refractivity contribution >= 4 is 23.3 Å². The maximum Gasteiger partial charge on any atom is 0.335 e. The van der Waals surface area contributed by atoms with Crippen LogP contribution in [0.25, 0.3) is 0 Å². The fraction of sp³-hybridized carbons (Fsp3) is 0.300. The second kappa shape index (κ2) is 8.09. The number of likely N-dealkylation sites (N-methyl/N-ethyl adjacent to an activating group) is 1. The number of amides is 1. The zero-order valence-corrected chi connectivity index (χ0v) is 15.4. The van der Waals surface area contributed by atoms with E-state index in [9.17, 15) is 14.7 Å². The average Bonchev–Trinajstić information content (AvgIpc) is 2.68. The first-order valence-electron chi connectivity index (χ1n) is 8.74. The Morgan fingerprint density at radius 3 is 2.22 bits per heavy atom. The van der Waals surface area contributed by atoms with Gasteiger partial charge >= 0.3 is 5.97 Å². The number of nitrogens with one attached hydrogen (secondary N) is 1. The molecule has 3 rings (SSSR count). The molecular formula is C20H23N3O4. The number of carboxylic acids is 1. The quantitative estimate of drug-likeness (QED) is 0.842. The molecule has 27 heavy (non-hydrogen) atoms. The molecular weight excluding hydrogens is 346 g/mol. The van der Waals surface area contributed by atoms with Crippen LogP contribution in [0.3, 0.4) is 0 Å². The van der Waals surface area contributed by atoms with Crippen LogP contribution >= 0.6 is 0 Å². The zero-order valence-electron chi connectivity index (χ0n) is 15.4. The predicted molar refractivity (Wildman–Crippen MR) is 104 cm³/mol. The number of carbonyl (C=O) groups is 2. The molecule has 2 aromatic carbocycles. The first-order valence-corrected chi connectivity index (χ1v) is 8.74. The topological polar surface area (TPSA) is 82.1 Å². The molecule has 0 radical (unpaired) electrons. The third-order valence-corrected chi connectivity index (χ3v) is 4.69. The number of nitrogens with zero attached hydrogens (tertiary/aromatic N) is 2. The van der Waals surface area contributed by atoms with Gasteiger partial charge in [0.2, 0.25) is 0 Å². The molecule has 1 aliphatic heterocycles. The summed E-state index contributed by atoms with van der Waals surface area (Å²) in [6.07, 6.45) is 0. The number of rotatable bonds is 5. The molecule has 1 amide bonds. The van der Waals surface area contributed by atoms with Crippen molar-refractivity contribution < 1.29 is 19.4 Å². The second-order valence-electron chi connectivity index (χ2n) is 6.51. The molecule has 0 spiro atoms. The highest BCUT2D eigenvalue weighted by Crippen LogP contribution is 2.29. The summed E-state index contributed by atoms with van der Waals surface area (Å²) < 4.78 is 5.11. The van der Waals surface area contributed by atoms with Gasteiger partial charge in [0.05, 0.1) is 24.0 Å². The monoisotopic (exact) mass is 369 g/mol. The molecule has 7 heteroatoms. The van der Waals surface area contributed by atoms with Gasteiger partial charge in [0.15, 0.2) is 0 Å². The van der Waals surface area contributed by atoms with Crippen molar-refractivity contribution in [2.24, 2.45) is 0 Å². The number of aromatic carboxylic acids is 1. The molecule has 0 bridgehead atoms. The van der Waals surface area contributed by atoms with E-state index in [1.54, 1.807) is 43.5 Å². The smallest absolute Gasteiger partial charge is 0.335 e. The lowest BCUT2D eigenvalue weighted by Crippen LogP contribution is -2.44. The van der Waals surface area contributed by atoms with Gasteiger partial charge in [0, 0.05) is 31.7 Å². The highest BCUT2D eigenvalue weighted by atomic mass is 16.5. The van der Waals surface area contributed by atoms with Crippen molar-refractivity contribution in [2.75, 3.05) is 50.6 Å². The van der Waals surface area contributed by atoms with Crippen LogP contribution < -0.4 is 15.0 Å². The van der Waals surface area contributed by atoms with Crippen molar-refractivity contribution in [1.82, 2.24) is 4.90 Å². The normalized spacial score (nSPS) is 14.7. The summed E-state index contributed by atoms with van der Waals surface area (Å²) in [6.45, 7) is 3.45. The van der Waals surface area contributed by atoms with Crippen LogP contribution in [0.1, 0.15) is 20.7 Å². The number of benzene rings is 2. The SMILES string of the molecule is COc1ccc(C(=O)Nc2cc(C(=O)O)ccc2N2CCN(C)CC2)cc1. The van der Waals surface area contributed by atoms with Gasteiger partial charge in [0.25, 0.3) is 5.91 Å². The van der Waals surface area contributed by atoms with E-state index in [-0.39, 0.29) is 11.5 Å². The number of ether oxygens (including phenoxy) is 1. The van der Waals surface area contributed by atoms with Crippen LogP contribution in [-0.2, 0) is 0 Å². The summed E-state index contributed by atoms with van der Waals surface area (Å²) >= 11 is 0. The van der Waals surface area contributed by atoms with Crippen LogP contribution in [0.2, 0.25) is 0 Å². The summed E-state index contributed by atoms with van der Waals surface area (Å²) in [4.78, 5) is 28.4. The largest absolute Gasteiger partial charge is 0.497 e. The Morgan fingerprint density at radius 2 is 1.63 bits per heavy atom. The standard InChI is InChI=1S/C20H23N3O4/c1-22-9-11-23(12-10-22)18-8-5-15(20(25)26)13-17(18)21-19(24)14-3-6-16(27-2)7-4-14/h3-8,13H,9-12H2,1-2H3,(H,21,24)(H,25,26). The van der Waals surface area contributed by atoms with Crippen LogP contribution in [-0.4, -0.2) is 62.2 Å². The number of methoxy groups -OCH3 is 1. The third kappa shape index (κ3) is 4.38. The molecule has 1 heterocycles. The minimum absolute atomic E-state index is 0.137. The van der Waals surface area contributed by atoms with Gasteiger partial charge in [-0.15, -0.1) is 0 Å². The van der Waals surface area contributed by atoms with Crippen molar-refractivity contribution in [3.63, 3.8) is 0 Å². The highest BCUT2D eigenvalue weighted by molar-refractivity contribution is 6.06. The molecule has 7 nitrogen and oxygen atoms in total. The van der Waals surface area contributed by atoms with E-state index < -0.39 is 5.97 Å². The molecule has 1 aliphatic rings. The minimum Gasteiger partial charge on any atom is -0.497 e. The molecule has 1 fully saturated rings. The van der Waals surface area contributed by atoms with E-state index in [2.05, 4.69) is 22.2 Å².